The molecule has 2 saturated heterocycles. The second-order valence-corrected chi connectivity index (χ2v) is 18.2. The van der Waals surface area contributed by atoms with E-state index in [-0.39, 0.29) is 5.25 Å². The molecule has 2 N–H and O–H groups in total. The van der Waals surface area contributed by atoms with Crippen LogP contribution >= 0.6 is 15.9 Å². The molecule has 4 heterocycles. The molecule has 2 aromatic carbocycles. The third-order valence-corrected chi connectivity index (χ3v) is 14.7. The van der Waals surface area contributed by atoms with Gasteiger partial charge in [-0.1, -0.05) is 12.1 Å². The number of aromatic nitrogens is 4. The highest BCUT2D eigenvalue weighted by Crippen LogP contribution is 2.46. The van der Waals surface area contributed by atoms with Gasteiger partial charge in [0.15, 0.2) is 0 Å². The van der Waals surface area contributed by atoms with E-state index in [2.05, 4.69) is 71.8 Å². The average Bonchev–Trinajstić information content (AvgIpc) is 3.89. The normalized spacial score (nSPS) is 18.4. The highest BCUT2D eigenvalue weighted by molar-refractivity contribution is 9.10. The maximum Gasteiger partial charge on any atom is 0.229 e. The van der Waals surface area contributed by atoms with Gasteiger partial charge in [0.05, 0.1) is 34.8 Å². The third kappa shape index (κ3) is 7.02. The molecule has 4 aromatic rings. The van der Waals surface area contributed by atoms with Crippen molar-refractivity contribution in [2.45, 2.75) is 43.8 Å². The van der Waals surface area contributed by atoms with Crippen LogP contribution in [0.1, 0.15) is 38.5 Å². The Hall–Kier alpha value is -3.68. The molecule has 262 valence electrons. The summed E-state index contributed by atoms with van der Waals surface area (Å²) in [6.45, 7) is 4.41. The zero-order chi connectivity index (χ0) is 34.3. The number of nitrogens with one attached hydrogen (secondary N) is 2. The summed E-state index contributed by atoms with van der Waals surface area (Å²) in [6, 6.07) is 12.2. The van der Waals surface area contributed by atoms with Crippen LogP contribution in [-0.2, 0) is 17.2 Å². The number of ether oxygens (including phenoxy) is 1. The lowest BCUT2D eigenvalue weighted by molar-refractivity contribution is 0.0945. The topological polar surface area (TPSA) is 104 Å². The first-order chi connectivity index (χ1) is 23.5. The highest BCUT2D eigenvalue weighted by Gasteiger charge is 2.38. The molecule has 2 aliphatic heterocycles. The molecule has 7 rings (SSSR count). The summed E-state index contributed by atoms with van der Waals surface area (Å²) >= 11 is 3.64. The molecule has 0 amide bonds. The Kier molecular flexibility index (Phi) is 9.35. The molecule has 3 aliphatic rings. The van der Waals surface area contributed by atoms with Crippen LogP contribution in [0.3, 0.4) is 0 Å². The van der Waals surface area contributed by atoms with Gasteiger partial charge >= 0.3 is 0 Å². The van der Waals surface area contributed by atoms with Crippen molar-refractivity contribution in [3.05, 3.63) is 59.5 Å². The molecular formula is C36H48BrN9O2S. The minimum atomic E-state index is -2.52. The Morgan fingerprint density at radius 1 is 1.00 bits per heavy atom. The van der Waals surface area contributed by atoms with E-state index in [1.54, 1.807) is 13.3 Å². The monoisotopic (exact) mass is 749 g/mol. The van der Waals surface area contributed by atoms with Crippen molar-refractivity contribution in [2.75, 3.05) is 73.5 Å². The molecule has 0 bridgehead atoms. The number of likely N-dealkylation sites (tertiary alicyclic amines) is 1. The quantitative estimate of drug-likeness (QED) is 0.155. The van der Waals surface area contributed by atoms with Crippen LogP contribution in [0.25, 0.3) is 11.1 Å². The van der Waals surface area contributed by atoms with Gasteiger partial charge < -0.3 is 29.5 Å². The van der Waals surface area contributed by atoms with Crippen LogP contribution in [0.5, 0.6) is 5.75 Å². The Morgan fingerprint density at radius 3 is 2.39 bits per heavy atom. The molecule has 2 aromatic heterocycles. The number of nitrogens with zero attached hydrogens (tertiary/aromatic N) is 7. The number of anilines is 6. The van der Waals surface area contributed by atoms with E-state index in [4.69, 9.17) is 9.72 Å². The molecule has 49 heavy (non-hydrogen) atoms. The van der Waals surface area contributed by atoms with Gasteiger partial charge in [-0.3, -0.25) is 8.89 Å². The van der Waals surface area contributed by atoms with E-state index >= 15 is 0 Å². The van der Waals surface area contributed by atoms with Gasteiger partial charge in [0, 0.05) is 74.0 Å². The van der Waals surface area contributed by atoms with Crippen LogP contribution in [0.4, 0.5) is 34.5 Å². The first kappa shape index (κ1) is 33.8. The van der Waals surface area contributed by atoms with E-state index in [0.29, 0.717) is 27.4 Å². The lowest BCUT2D eigenvalue weighted by Crippen LogP contribution is -2.46. The summed E-state index contributed by atoms with van der Waals surface area (Å²) in [5.41, 5.74) is 6.19. The number of hydrogen-bond donors (Lipinski definition) is 3. The summed E-state index contributed by atoms with van der Waals surface area (Å²) in [7, 11) is 5.29. The number of aryl methyl sites for hydroxylation is 1. The lowest BCUT2D eigenvalue weighted by atomic mass is 9.71. The van der Waals surface area contributed by atoms with Gasteiger partial charge in [-0.05, 0) is 108 Å². The van der Waals surface area contributed by atoms with Gasteiger partial charge in [0.25, 0.3) is 0 Å². The second-order valence-electron chi connectivity index (χ2n) is 14.1. The Bertz CT molecular complexity index is 1860. The molecule has 0 atom stereocenters. The fourth-order valence-electron chi connectivity index (χ4n) is 7.34. The summed E-state index contributed by atoms with van der Waals surface area (Å²) < 4.78 is 24.1. The Labute approximate surface area is 299 Å². The van der Waals surface area contributed by atoms with Crippen molar-refractivity contribution in [1.82, 2.24) is 24.6 Å². The van der Waals surface area contributed by atoms with E-state index in [0.717, 1.165) is 59.8 Å². The van der Waals surface area contributed by atoms with Gasteiger partial charge in [-0.2, -0.15) is 10.1 Å². The van der Waals surface area contributed by atoms with Crippen LogP contribution in [0.15, 0.2) is 59.5 Å². The van der Waals surface area contributed by atoms with E-state index in [1.165, 1.54) is 38.8 Å². The summed E-state index contributed by atoms with van der Waals surface area (Å²) in [4.78, 5) is 14.4. The van der Waals surface area contributed by atoms with Crippen molar-refractivity contribution in [3.8, 4) is 16.9 Å². The van der Waals surface area contributed by atoms with Crippen molar-refractivity contribution >= 4 is 60.6 Å². The van der Waals surface area contributed by atoms with Crippen molar-refractivity contribution in [2.24, 2.45) is 12.5 Å². The molecule has 0 unspecified atom stereocenters. The van der Waals surface area contributed by atoms with E-state index < -0.39 is 10.1 Å². The maximum absolute atomic E-state index is 13.6. The maximum atomic E-state index is 13.6. The first-order valence-electron chi connectivity index (χ1n) is 17.2. The molecule has 1 aliphatic carbocycles. The van der Waals surface area contributed by atoms with Crippen molar-refractivity contribution < 1.29 is 8.95 Å². The smallest absolute Gasteiger partial charge is 0.229 e. The number of piperidine rings is 2. The van der Waals surface area contributed by atoms with Gasteiger partial charge in [0.2, 0.25) is 5.95 Å². The number of methoxy groups -OCH3 is 1. The second kappa shape index (κ2) is 13.6. The predicted octanol–water partition coefficient (Wildman–Crippen LogP) is 6.61. The Morgan fingerprint density at radius 2 is 1.71 bits per heavy atom. The zero-order valence-corrected chi connectivity index (χ0v) is 31.6. The molecule has 0 radical (unpaired) electrons. The number of rotatable bonds is 10. The van der Waals surface area contributed by atoms with Gasteiger partial charge in [0.1, 0.15) is 11.6 Å². The van der Waals surface area contributed by atoms with Crippen LogP contribution < -0.4 is 24.6 Å². The lowest BCUT2D eigenvalue weighted by Gasteiger charge is -2.47. The van der Waals surface area contributed by atoms with Gasteiger partial charge in [-0.25, -0.2) is 4.98 Å². The largest absolute Gasteiger partial charge is 0.494 e. The van der Waals surface area contributed by atoms with Crippen LogP contribution in [0.2, 0.25) is 0 Å². The minimum Gasteiger partial charge on any atom is -0.494 e. The fraction of sp³-hybridized carbons (Fsp3) is 0.472. The molecule has 13 heteroatoms. The number of thiol groups is 1. The van der Waals surface area contributed by atoms with Gasteiger partial charge in [-0.15, -0.1) is 0 Å². The average molecular weight is 751 g/mol. The first-order valence-corrected chi connectivity index (χ1v) is 20.1. The van der Waals surface area contributed by atoms with E-state index in [9.17, 15) is 4.21 Å². The van der Waals surface area contributed by atoms with Crippen molar-refractivity contribution in [1.29, 1.82) is 0 Å². The molecule has 1 saturated carbocycles. The van der Waals surface area contributed by atoms with Crippen molar-refractivity contribution in [3.63, 3.8) is 0 Å². The standard InChI is InChI=1S/C36H48BrN9O2S/c1-43-16-12-36(13-17-43)14-18-46(19-15-36)32-21-33(48-4)30(20-27(32)25-22-39-44(2)24-25)41-35-38-23-28(37)34(42-35)40-29-8-6-7-9-31(29)45(3)49(5,47)26-10-11-26/h6-9,20-24,26,49H,10-19H2,1-5H3,(H2,38,40,41,42). The predicted molar refractivity (Wildman–Crippen MR) is 205 cm³/mol. The fourth-order valence-corrected chi connectivity index (χ4v) is 9.83. The van der Waals surface area contributed by atoms with Crippen LogP contribution in [0, 0.1) is 5.41 Å². The minimum absolute atomic E-state index is 0.260. The summed E-state index contributed by atoms with van der Waals surface area (Å²) in [5.74, 6) is 1.73. The highest BCUT2D eigenvalue weighted by atomic mass is 79.9. The number of para-hydroxylation sites is 2. The molecule has 1 spiro atoms. The molecular weight excluding hydrogens is 702 g/mol. The summed E-state index contributed by atoms with van der Waals surface area (Å²) in [5, 5.41) is 11.7. The molecule has 3 fully saturated rings. The SMILES string of the molecule is COc1cc(N2CCC3(CCN(C)CC3)CC2)c(-c2cnn(C)c2)cc1Nc1ncc(Br)c(Nc2ccccc2N(C)[SH](C)(=O)C2CC2)n1. The number of hydrogen-bond acceptors (Lipinski definition) is 9. The summed E-state index contributed by atoms with van der Waals surface area (Å²) in [6.07, 6.45) is 14.6. The number of halogens is 1. The molecule has 11 nitrogen and oxygen atoms in total. The third-order valence-electron chi connectivity index (χ3n) is 10.9. The van der Waals surface area contributed by atoms with Crippen LogP contribution in [-0.4, -0.2) is 87.7 Å². The number of benzene rings is 2. The van der Waals surface area contributed by atoms with E-state index in [1.807, 2.05) is 59.8 Å². The zero-order valence-electron chi connectivity index (χ0n) is 29.1. The Balaban J connectivity index is 1.17.